The topological polar surface area (TPSA) is 12.4 Å². The summed E-state index contributed by atoms with van der Waals surface area (Å²) < 4.78 is 0. The highest BCUT2D eigenvalue weighted by Crippen LogP contribution is 1.84. The van der Waals surface area contributed by atoms with Crippen molar-refractivity contribution in [2.24, 2.45) is 4.99 Å². The maximum atomic E-state index is 4.10. The van der Waals surface area contributed by atoms with Crippen molar-refractivity contribution in [3.05, 3.63) is 12.3 Å². The molecule has 1 nitrogen and oxygen atoms in total. The van der Waals surface area contributed by atoms with Gasteiger partial charge in [-0.1, -0.05) is 13.0 Å². The number of hydrogen-bond acceptors (Lipinski definition) is 1. The van der Waals surface area contributed by atoms with E-state index in [1.54, 1.807) is 0 Å². The molecular formula is C7H13N. The number of allylic oxidation sites excluding steroid dienone is 1. The Kier molecular flexibility index (Phi) is 4.23. The van der Waals surface area contributed by atoms with Gasteiger partial charge in [0.25, 0.3) is 0 Å². The maximum absolute atomic E-state index is 4.10. The fourth-order valence-electron chi connectivity index (χ4n) is 0.293. The third-order valence-corrected chi connectivity index (χ3v) is 0.956. The summed E-state index contributed by atoms with van der Waals surface area (Å²) in [6.07, 6.45) is 4.79. The molecule has 0 aromatic carbocycles. The van der Waals surface area contributed by atoms with Crippen molar-refractivity contribution in [3.63, 3.8) is 0 Å². The molecule has 0 aromatic heterocycles. The largest absolute Gasteiger partial charge is 0.266 e. The Bertz CT molecular complexity index is 101. The smallest absolute Gasteiger partial charge is 0.0224 e. The van der Waals surface area contributed by atoms with Crippen molar-refractivity contribution in [3.8, 4) is 0 Å². The van der Waals surface area contributed by atoms with E-state index in [4.69, 9.17) is 0 Å². The van der Waals surface area contributed by atoms with Gasteiger partial charge < -0.3 is 0 Å². The molecule has 0 unspecified atom stereocenters. The second-order valence-electron chi connectivity index (χ2n) is 1.70. The first-order chi connectivity index (χ1) is 3.81. The summed E-state index contributed by atoms with van der Waals surface area (Å²) in [7, 11) is 0. The van der Waals surface area contributed by atoms with Crippen LogP contribution in [-0.4, -0.2) is 5.71 Å². The summed E-state index contributed by atoms with van der Waals surface area (Å²) in [5.41, 5.74) is 1.18. The van der Waals surface area contributed by atoms with Crippen molar-refractivity contribution in [1.82, 2.24) is 0 Å². The van der Waals surface area contributed by atoms with Crippen LogP contribution in [-0.2, 0) is 0 Å². The second-order valence-corrected chi connectivity index (χ2v) is 1.70. The fourth-order valence-corrected chi connectivity index (χ4v) is 0.293. The normalized spacial score (nSPS) is 13.1. The lowest BCUT2D eigenvalue weighted by Gasteiger charge is -1.86. The van der Waals surface area contributed by atoms with E-state index >= 15 is 0 Å². The lowest BCUT2D eigenvalue weighted by atomic mass is 10.3. The Morgan fingerprint density at radius 3 is 2.62 bits per heavy atom. The second kappa shape index (κ2) is 4.57. The van der Waals surface area contributed by atoms with Crippen LogP contribution in [0.15, 0.2) is 17.3 Å². The Balaban J connectivity index is 3.57. The van der Waals surface area contributed by atoms with Gasteiger partial charge in [0, 0.05) is 11.9 Å². The average Bonchev–Trinajstić information content (AvgIpc) is 1.83. The number of hydrogen-bond donors (Lipinski definition) is 0. The molecule has 0 fully saturated rings. The van der Waals surface area contributed by atoms with Crippen LogP contribution in [0.5, 0.6) is 0 Å². The minimum absolute atomic E-state index is 1.05. The molecule has 0 spiro atoms. The summed E-state index contributed by atoms with van der Waals surface area (Å²) in [5.74, 6) is 0. The summed E-state index contributed by atoms with van der Waals surface area (Å²) in [4.78, 5) is 4.10. The van der Waals surface area contributed by atoms with Crippen LogP contribution >= 0.6 is 0 Å². The zero-order valence-corrected chi connectivity index (χ0v) is 5.81. The van der Waals surface area contributed by atoms with Gasteiger partial charge in [0.05, 0.1) is 0 Å². The molecule has 0 saturated heterocycles. The Hall–Kier alpha value is -0.590. The minimum Gasteiger partial charge on any atom is -0.266 e. The highest BCUT2D eigenvalue weighted by Gasteiger charge is 1.77. The lowest BCUT2D eigenvalue weighted by Crippen LogP contribution is -1.83. The molecule has 0 aliphatic rings. The number of aliphatic imine (C=N–C) groups is 1. The van der Waals surface area contributed by atoms with E-state index in [1.807, 2.05) is 26.1 Å². The molecule has 0 saturated carbocycles. The number of rotatable bonds is 2. The molecule has 0 rings (SSSR count). The van der Waals surface area contributed by atoms with Gasteiger partial charge >= 0.3 is 0 Å². The van der Waals surface area contributed by atoms with E-state index in [0.29, 0.717) is 0 Å². The molecule has 0 aliphatic heterocycles. The molecule has 0 radical (unpaired) electrons. The molecule has 0 aliphatic carbocycles. The van der Waals surface area contributed by atoms with Crippen LogP contribution in [0.2, 0.25) is 0 Å². The molecule has 0 bridgehead atoms. The summed E-state index contributed by atoms with van der Waals surface area (Å²) in [6, 6.07) is 0. The van der Waals surface area contributed by atoms with Gasteiger partial charge in [0.15, 0.2) is 0 Å². The summed E-state index contributed by atoms with van der Waals surface area (Å²) >= 11 is 0. The van der Waals surface area contributed by atoms with Crippen LogP contribution in [0, 0.1) is 0 Å². The van der Waals surface area contributed by atoms with Gasteiger partial charge in [-0.05, 0) is 20.3 Å². The molecule has 0 heterocycles. The molecule has 1 heteroatoms. The van der Waals surface area contributed by atoms with E-state index in [1.165, 1.54) is 5.71 Å². The Labute approximate surface area is 51.1 Å². The third kappa shape index (κ3) is 3.59. The van der Waals surface area contributed by atoms with Gasteiger partial charge in [0.1, 0.15) is 0 Å². The molecule has 0 atom stereocenters. The predicted molar refractivity (Wildman–Crippen MR) is 38.2 cm³/mol. The summed E-state index contributed by atoms with van der Waals surface area (Å²) in [5, 5.41) is 0. The quantitative estimate of drug-likeness (QED) is 0.485. The zero-order valence-electron chi connectivity index (χ0n) is 5.81. The fraction of sp³-hybridized carbons (Fsp3) is 0.571. The van der Waals surface area contributed by atoms with Crippen LogP contribution < -0.4 is 0 Å². The van der Waals surface area contributed by atoms with Crippen molar-refractivity contribution in [2.45, 2.75) is 27.2 Å². The Morgan fingerprint density at radius 2 is 2.25 bits per heavy atom. The first-order valence-electron chi connectivity index (χ1n) is 2.95. The molecular weight excluding hydrogens is 98.1 g/mol. The molecule has 0 amide bonds. The van der Waals surface area contributed by atoms with Crippen LogP contribution in [0.1, 0.15) is 27.2 Å². The standard InChI is InChI=1S/C7H13N/c1-4-6-8-7(3)5-2/h4,6H,5H2,1-3H3. The first-order valence-corrected chi connectivity index (χ1v) is 2.95. The van der Waals surface area contributed by atoms with E-state index in [2.05, 4.69) is 11.9 Å². The van der Waals surface area contributed by atoms with Gasteiger partial charge in [-0.25, -0.2) is 0 Å². The van der Waals surface area contributed by atoms with E-state index in [9.17, 15) is 0 Å². The zero-order chi connectivity index (χ0) is 6.41. The SMILES string of the molecule is CC=CN=C(C)CC. The van der Waals surface area contributed by atoms with Crippen LogP contribution in [0.25, 0.3) is 0 Å². The molecule has 0 N–H and O–H groups in total. The lowest BCUT2D eigenvalue weighted by molar-refractivity contribution is 1.25. The molecule has 46 valence electrons. The van der Waals surface area contributed by atoms with E-state index < -0.39 is 0 Å². The van der Waals surface area contributed by atoms with Crippen molar-refractivity contribution < 1.29 is 0 Å². The molecule has 0 aromatic rings. The summed E-state index contributed by atoms with van der Waals surface area (Å²) in [6.45, 7) is 6.09. The predicted octanol–water partition coefficient (Wildman–Crippen LogP) is 2.39. The van der Waals surface area contributed by atoms with Crippen LogP contribution in [0.4, 0.5) is 0 Å². The van der Waals surface area contributed by atoms with E-state index in [-0.39, 0.29) is 0 Å². The van der Waals surface area contributed by atoms with Gasteiger partial charge in [0.2, 0.25) is 0 Å². The molecule has 8 heavy (non-hydrogen) atoms. The number of nitrogens with zero attached hydrogens (tertiary/aromatic N) is 1. The Morgan fingerprint density at radius 1 is 1.62 bits per heavy atom. The van der Waals surface area contributed by atoms with Gasteiger partial charge in [-0.3, -0.25) is 4.99 Å². The monoisotopic (exact) mass is 111 g/mol. The van der Waals surface area contributed by atoms with Crippen molar-refractivity contribution in [1.29, 1.82) is 0 Å². The first kappa shape index (κ1) is 7.41. The van der Waals surface area contributed by atoms with Crippen LogP contribution in [0.3, 0.4) is 0 Å². The van der Waals surface area contributed by atoms with Crippen molar-refractivity contribution in [2.75, 3.05) is 0 Å². The minimum atomic E-state index is 1.05. The van der Waals surface area contributed by atoms with Gasteiger partial charge in [-0.15, -0.1) is 0 Å². The highest BCUT2D eigenvalue weighted by atomic mass is 14.7. The van der Waals surface area contributed by atoms with Crippen molar-refractivity contribution >= 4 is 5.71 Å². The maximum Gasteiger partial charge on any atom is 0.0224 e. The average molecular weight is 111 g/mol. The van der Waals surface area contributed by atoms with E-state index in [0.717, 1.165) is 6.42 Å². The van der Waals surface area contributed by atoms with Gasteiger partial charge in [-0.2, -0.15) is 0 Å². The highest BCUT2D eigenvalue weighted by molar-refractivity contribution is 5.82. The third-order valence-electron chi connectivity index (χ3n) is 0.956.